The summed E-state index contributed by atoms with van der Waals surface area (Å²) in [4.78, 5) is 15.8. The Bertz CT molecular complexity index is 1760. The van der Waals surface area contributed by atoms with E-state index >= 15 is 0 Å². The van der Waals surface area contributed by atoms with Gasteiger partial charge in [-0.1, -0.05) is 164 Å². The lowest BCUT2D eigenvalue weighted by atomic mass is 9.95. The van der Waals surface area contributed by atoms with E-state index in [-0.39, 0.29) is 33.0 Å². The average molecular weight is 698 g/mol. The fourth-order valence-electron chi connectivity index (χ4n) is 5.90. The van der Waals surface area contributed by atoms with Gasteiger partial charge >= 0.3 is 6.09 Å². The molecule has 5 aromatic rings. The molecule has 0 heterocycles. The van der Waals surface area contributed by atoms with Gasteiger partial charge in [0.2, 0.25) is 0 Å². The van der Waals surface area contributed by atoms with Crippen molar-refractivity contribution in [3.63, 3.8) is 0 Å². The van der Waals surface area contributed by atoms with Crippen LogP contribution < -0.4 is 0 Å². The Hall–Kier alpha value is -5.31. The maximum atomic E-state index is 14.2. The number of rotatable bonds is 20. The molecule has 268 valence electrons. The Kier molecular flexibility index (Phi) is 15.0. The van der Waals surface area contributed by atoms with Gasteiger partial charge in [0, 0.05) is 6.54 Å². The third kappa shape index (κ3) is 11.4. The number of aliphatic hydroxyl groups is 1. The molecule has 5 atom stereocenters. The number of carbonyl (C=O) groups is 1. The quantitative estimate of drug-likeness (QED) is 0.0821. The first kappa shape index (κ1) is 37.9. The molecule has 0 spiro atoms. The smallest absolute Gasteiger partial charge is 0.410 e. The summed E-state index contributed by atoms with van der Waals surface area (Å²) in [6.07, 6.45) is -1.38. The molecule has 1 amide bonds. The van der Waals surface area contributed by atoms with Crippen LogP contribution >= 0.6 is 0 Å². The molecule has 7 nitrogen and oxygen atoms in total. The summed E-state index contributed by atoms with van der Waals surface area (Å²) in [5.41, 5.74) is 4.50. The first-order valence-electron chi connectivity index (χ1n) is 17.5. The van der Waals surface area contributed by atoms with Gasteiger partial charge in [-0.15, -0.1) is 13.2 Å². The zero-order chi connectivity index (χ0) is 36.4. The minimum atomic E-state index is -1.15. The molecule has 7 heteroatoms. The molecule has 0 aliphatic carbocycles. The lowest BCUT2D eigenvalue weighted by molar-refractivity contribution is -0.182. The molecule has 0 aliphatic rings. The number of hydrogen-bond donors (Lipinski definition) is 1. The topological polar surface area (TPSA) is 77.5 Å². The van der Waals surface area contributed by atoms with Gasteiger partial charge < -0.3 is 24.1 Å². The van der Waals surface area contributed by atoms with Crippen LogP contribution in [0.15, 0.2) is 177 Å². The van der Waals surface area contributed by atoms with Crippen LogP contribution in [0, 0.1) is 0 Å². The van der Waals surface area contributed by atoms with Crippen LogP contribution in [0.1, 0.15) is 27.8 Å². The van der Waals surface area contributed by atoms with Gasteiger partial charge in [0.25, 0.3) is 0 Å². The highest BCUT2D eigenvalue weighted by Crippen LogP contribution is 2.28. The number of amides is 1. The predicted molar refractivity (Wildman–Crippen MR) is 204 cm³/mol. The minimum Gasteiger partial charge on any atom is -0.445 e. The van der Waals surface area contributed by atoms with Crippen LogP contribution in [-0.4, -0.2) is 46.6 Å². The zero-order valence-corrected chi connectivity index (χ0v) is 29.4. The molecule has 0 radical (unpaired) electrons. The zero-order valence-electron chi connectivity index (χ0n) is 29.4. The minimum absolute atomic E-state index is 0.0797. The molecule has 0 saturated carbocycles. The normalized spacial score (nSPS) is 13.9. The summed E-state index contributed by atoms with van der Waals surface area (Å²) >= 11 is 0. The predicted octanol–water partition coefficient (Wildman–Crippen LogP) is 8.68. The SMILES string of the molecule is C=C[C@@H](O)[C@@H](OCc1ccccc1)[C@H](OCc1ccccc1)[C@@H](OCc1ccccc1)[C@@H](C=C)N(Cc1ccccc1)C(=O)OCc1ccccc1. The Morgan fingerprint density at radius 1 is 0.519 bits per heavy atom. The van der Waals surface area contributed by atoms with E-state index in [9.17, 15) is 9.90 Å². The number of ether oxygens (including phenoxy) is 4. The van der Waals surface area contributed by atoms with Gasteiger partial charge in [-0.3, -0.25) is 4.90 Å². The standard InChI is InChI=1S/C45H47NO6/c1-3-40(46(30-35-20-10-5-11-21-35)45(48)52-34-39-28-18-9-19-29-39)42(49-31-36-22-12-6-13-23-36)44(51-33-38-26-16-8-17-27-38)43(41(47)4-2)50-32-37-24-14-7-15-25-37/h3-29,40-44,47H,1-2,30-34H2/t40-,41-,42+,43-,44-/m1/s1. The summed E-state index contributed by atoms with van der Waals surface area (Å²) in [7, 11) is 0. The Balaban J connectivity index is 1.56. The van der Waals surface area contributed by atoms with Crippen molar-refractivity contribution in [1.82, 2.24) is 4.90 Å². The number of aliphatic hydroxyl groups excluding tert-OH is 1. The monoisotopic (exact) mass is 697 g/mol. The van der Waals surface area contributed by atoms with Gasteiger partial charge in [-0.25, -0.2) is 4.79 Å². The average Bonchev–Trinajstić information content (AvgIpc) is 3.21. The fraction of sp³-hybridized carbons (Fsp3) is 0.222. The van der Waals surface area contributed by atoms with E-state index in [0.29, 0.717) is 0 Å². The largest absolute Gasteiger partial charge is 0.445 e. The molecule has 0 unspecified atom stereocenters. The molecule has 0 bridgehead atoms. The number of hydrogen-bond acceptors (Lipinski definition) is 6. The summed E-state index contributed by atoms with van der Waals surface area (Å²) < 4.78 is 26.1. The van der Waals surface area contributed by atoms with Crippen LogP contribution in [0.4, 0.5) is 4.79 Å². The van der Waals surface area contributed by atoms with E-state index in [1.807, 2.05) is 152 Å². The van der Waals surface area contributed by atoms with Crippen LogP contribution in [0.3, 0.4) is 0 Å². The first-order valence-corrected chi connectivity index (χ1v) is 17.5. The third-order valence-electron chi connectivity index (χ3n) is 8.65. The first-order chi connectivity index (χ1) is 25.6. The van der Waals surface area contributed by atoms with Crippen LogP contribution in [0.2, 0.25) is 0 Å². The van der Waals surface area contributed by atoms with Crippen molar-refractivity contribution in [2.45, 2.75) is 63.4 Å². The maximum Gasteiger partial charge on any atom is 0.410 e. The van der Waals surface area contributed by atoms with Gasteiger partial charge in [-0.05, 0) is 27.8 Å². The van der Waals surface area contributed by atoms with E-state index in [2.05, 4.69) is 13.2 Å². The second-order valence-electron chi connectivity index (χ2n) is 12.4. The molecule has 5 aromatic carbocycles. The number of benzene rings is 5. The molecule has 0 saturated heterocycles. The second-order valence-corrected chi connectivity index (χ2v) is 12.4. The Morgan fingerprint density at radius 2 is 0.885 bits per heavy atom. The van der Waals surface area contributed by atoms with Crippen molar-refractivity contribution in [2.24, 2.45) is 0 Å². The van der Waals surface area contributed by atoms with E-state index < -0.39 is 36.6 Å². The summed E-state index contributed by atoms with van der Waals surface area (Å²) in [6, 6.07) is 47.7. The van der Waals surface area contributed by atoms with Gasteiger partial charge in [0.1, 0.15) is 31.0 Å². The lowest BCUT2D eigenvalue weighted by Gasteiger charge is -2.41. The van der Waals surface area contributed by atoms with Crippen LogP contribution in [0.5, 0.6) is 0 Å². The summed E-state index contributed by atoms with van der Waals surface area (Å²) in [5, 5.41) is 11.5. The molecule has 0 aromatic heterocycles. The van der Waals surface area contributed by atoms with Crippen LogP contribution in [-0.2, 0) is 51.9 Å². The Labute approximate surface area is 307 Å². The lowest BCUT2D eigenvalue weighted by Crippen LogP contribution is -2.57. The fourth-order valence-corrected chi connectivity index (χ4v) is 5.90. The molecular weight excluding hydrogens is 650 g/mol. The highest BCUT2D eigenvalue weighted by atomic mass is 16.6. The van der Waals surface area contributed by atoms with Crippen LogP contribution in [0.25, 0.3) is 0 Å². The van der Waals surface area contributed by atoms with Gasteiger partial charge in [0.15, 0.2) is 0 Å². The van der Waals surface area contributed by atoms with Crippen molar-refractivity contribution in [3.8, 4) is 0 Å². The molecule has 0 aliphatic heterocycles. The second kappa shape index (κ2) is 20.5. The van der Waals surface area contributed by atoms with E-state index in [1.165, 1.54) is 6.08 Å². The number of nitrogens with zero attached hydrogens (tertiary/aromatic N) is 1. The van der Waals surface area contributed by atoms with E-state index in [4.69, 9.17) is 18.9 Å². The molecule has 0 fully saturated rings. The van der Waals surface area contributed by atoms with Crippen molar-refractivity contribution in [2.75, 3.05) is 0 Å². The summed E-state index contributed by atoms with van der Waals surface area (Å²) in [5.74, 6) is 0. The third-order valence-corrected chi connectivity index (χ3v) is 8.65. The number of carbonyl (C=O) groups excluding carboxylic acids is 1. The van der Waals surface area contributed by atoms with Crippen molar-refractivity contribution < 1.29 is 28.8 Å². The van der Waals surface area contributed by atoms with Crippen molar-refractivity contribution >= 4 is 6.09 Å². The van der Waals surface area contributed by atoms with Crippen molar-refractivity contribution in [1.29, 1.82) is 0 Å². The maximum absolute atomic E-state index is 14.2. The van der Waals surface area contributed by atoms with E-state index in [0.717, 1.165) is 27.8 Å². The van der Waals surface area contributed by atoms with E-state index in [1.54, 1.807) is 11.0 Å². The van der Waals surface area contributed by atoms with Crippen molar-refractivity contribution in [3.05, 3.63) is 205 Å². The molecule has 1 N–H and O–H groups in total. The molecular formula is C45H47NO6. The highest BCUT2D eigenvalue weighted by molar-refractivity contribution is 5.68. The highest BCUT2D eigenvalue weighted by Gasteiger charge is 2.43. The molecule has 5 rings (SSSR count). The van der Waals surface area contributed by atoms with Gasteiger partial charge in [0.05, 0.1) is 25.9 Å². The molecule has 52 heavy (non-hydrogen) atoms. The van der Waals surface area contributed by atoms with Gasteiger partial charge in [-0.2, -0.15) is 0 Å². The summed E-state index contributed by atoms with van der Waals surface area (Å²) in [6.45, 7) is 8.95. The Morgan fingerprint density at radius 3 is 1.29 bits per heavy atom.